The van der Waals surface area contributed by atoms with Gasteiger partial charge in [-0.1, -0.05) is 66.2 Å². The summed E-state index contributed by atoms with van der Waals surface area (Å²) in [6.45, 7) is 1.08. The van der Waals surface area contributed by atoms with Crippen LogP contribution in [-0.2, 0) is 13.2 Å². The Balaban J connectivity index is 1.58. The molecule has 0 saturated carbocycles. The lowest BCUT2D eigenvalue weighted by molar-refractivity contribution is 0.306. The molecule has 2 aromatic heterocycles. The van der Waals surface area contributed by atoms with Crippen LogP contribution >= 0.6 is 11.6 Å². The van der Waals surface area contributed by atoms with Crippen LogP contribution in [0.15, 0.2) is 97.1 Å². The summed E-state index contributed by atoms with van der Waals surface area (Å²) >= 11 is 6.56. The van der Waals surface area contributed by atoms with Crippen molar-refractivity contribution in [1.82, 2.24) is 9.55 Å². The van der Waals surface area contributed by atoms with Crippen molar-refractivity contribution in [1.29, 1.82) is 0 Å². The van der Waals surface area contributed by atoms with Crippen LogP contribution in [0.5, 0.6) is 5.75 Å². The predicted molar refractivity (Wildman–Crippen MR) is 131 cm³/mol. The first-order valence-corrected chi connectivity index (χ1v) is 10.8. The van der Waals surface area contributed by atoms with Crippen LogP contribution in [0.4, 0.5) is 5.82 Å². The van der Waals surface area contributed by atoms with Crippen LogP contribution in [0.3, 0.4) is 0 Å². The molecule has 0 radical (unpaired) electrons. The smallest absolute Gasteiger partial charge is 0.123 e. The van der Waals surface area contributed by atoms with Crippen molar-refractivity contribution in [2.45, 2.75) is 13.2 Å². The van der Waals surface area contributed by atoms with Gasteiger partial charge in [0.1, 0.15) is 18.2 Å². The van der Waals surface area contributed by atoms with Gasteiger partial charge in [0.25, 0.3) is 0 Å². The Kier molecular flexibility index (Phi) is 5.53. The first-order chi connectivity index (χ1) is 15.7. The largest absolute Gasteiger partial charge is 0.489 e. The second-order valence-corrected chi connectivity index (χ2v) is 8.05. The summed E-state index contributed by atoms with van der Waals surface area (Å²) in [7, 11) is 0. The number of nitrogens with two attached hydrogens (primary N) is 1. The number of fused-ring (bicyclic) bond motifs is 1. The molecule has 158 valence electrons. The Bertz CT molecular complexity index is 1380. The van der Waals surface area contributed by atoms with Gasteiger partial charge >= 0.3 is 0 Å². The monoisotopic (exact) mass is 439 g/mol. The fourth-order valence-corrected chi connectivity index (χ4v) is 4.11. The highest BCUT2D eigenvalue weighted by molar-refractivity contribution is 6.33. The van der Waals surface area contributed by atoms with E-state index in [4.69, 9.17) is 22.1 Å². The second kappa shape index (κ2) is 8.77. The first-order valence-electron chi connectivity index (χ1n) is 10.4. The van der Waals surface area contributed by atoms with Gasteiger partial charge < -0.3 is 15.0 Å². The third kappa shape index (κ3) is 4.18. The zero-order valence-corrected chi connectivity index (χ0v) is 18.2. The molecule has 2 N–H and O–H groups in total. The minimum Gasteiger partial charge on any atom is -0.489 e. The van der Waals surface area contributed by atoms with Gasteiger partial charge in [-0.15, -0.1) is 0 Å². The molecule has 5 aromatic rings. The Hall–Kier alpha value is -3.76. The lowest BCUT2D eigenvalue weighted by Crippen LogP contribution is -2.05. The van der Waals surface area contributed by atoms with E-state index in [1.54, 1.807) is 6.07 Å². The van der Waals surface area contributed by atoms with Gasteiger partial charge in [0, 0.05) is 22.0 Å². The molecule has 0 spiro atoms. The molecule has 0 aliphatic rings. The van der Waals surface area contributed by atoms with E-state index in [0.29, 0.717) is 24.0 Å². The van der Waals surface area contributed by atoms with Gasteiger partial charge in [-0.3, -0.25) is 0 Å². The fraction of sp³-hybridized carbons (Fsp3) is 0.0741. The second-order valence-electron chi connectivity index (χ2n) is 7.64. The van der Waals surface area contributed by atoms with E-state index in [1.165, 1.54) is 0 Å². The number of nitrogen functional groups attached to an aromatic ring is 1. The normalized spacial score (nSPS) is 11.0. The number of halogens is 1. The van der Waals surface area contributed by atoms with Crippen LogP contribution in [0, 0.1) is 0 Å². The summed E-state index contributed by atoms with van der Waals surface area (Å²) in [5, 5.41) is 1.81. The van der Waals surface area contributed by atoms with E-state index in [1.807, 2.05) is 60.7 Å². The van der Waals surface area contributed by atoms with Crippen molar-refractivity contribution in [3.8, 4) is 17.0 Å². The maximum Gasteiger partial charge on any atom is 0.123 e. The van der Waals surface area contributed by atoms with Crippen molar-refractivity contribution >= 4 is 28.3 Å². The van der Waals surface area contributed by atoms with Crippen LogP contribution in [-0.4, -0.2) is 9.55 Å². The molecule has 0 atom stereocenters. The van der Waals surface area contributed by atoms with Crippen LogP contribution < -0.4 is 10.5 Å². The molecular formula is C27H22ClN3O. The van der Waals surface area contributed by atoms with Crippen LogP contribution in [0.1, 0.15) is 11.3 Å². The quantitative estimate of drug-likeness (QED) is 0.325. The zero-order chi connectivity index (χ0) is 21.9. The van der Waals surface area contributed by atoms with Gasteiger partial charge in [0.15, 0.2) is 0 Å². The minimum absolute atomic E-state index is 0.505. The average Bonchev–Trinajstić information content (AvgIpc) is 3.16. The summed E-state index contributed by atoms with van der Waals surface area (Å²) in [6.07, 6.45) is 0. The Labute approximate surface area is 191 Å². The molecule has 0 aliphatic carbocycles. The summed E-state index contributed by atoms with van der Waals surface area (Å²) in [6, 6.07) is 32.0. The zero-order valence-electron chi connectivity index (χ0n) is 17.4. The van der Waals surface area contributed by atoms with Crippen molar-refractivity contribution in [2.75, 3.05) is 5.73 Å². The lowest BCUT2D eigenvalue weighted by Gasteiger charge is -2.13. The van der Waals surface area contributed by atoms with Crippen molar-refractivity contribution < 1.29 is 4.74 Å². The molecule has 3 aromatic carbocycles. The van der Waals surface area contributed by atoms with Gasteiger partial charge in [-0.2, -0.15) is 0 Å². The van der Waals surface area contributed by atoms with E-state index in [0.717, 1.165) is 39.2 Å². The Morgan fingerprint density at radius 1 is 0.844 bits per heavy atom. The number of rotatable bonds is 6. The van der Waals surface area contributed by atoms with Crippen LogP contribution in [0.2, 0.25) is 5.02 Å². The molecule has 0 fully saturated rings. The average molecular weight is 440 g/mol. The maximum atomic E-state index is 6.56. The number of ether oxygens (including phenoxy) is 1. The maximum absolute atomic E-state index is 6.56. The summed E-state index contributed by atoms with van der Waals surface area (Å²) in [5.41, 5.74) is 11.0. The Morgan fingerprint density at radius 3 is 2.47 bits per heavy atom. The number of nitrogens with zero attached hydrogens (tertiary/aromatic N) is 2. The molecule has 0 saturated heterocycles. The van der Waals surface area contributed by atoms with Crippen molar-refractivity contribution in [3.63, 3.8) is 0 Å². The van der Waals surface area contributed by atoms with Gasteiger partial charge in [-0.25, -0.2) is 4.98 Å². The summed E-state index contributed by atoms with van der Waals surface area (Å²) in [5.74, 6) is 1.32. The van der Waals surface area contributed by atoms with Crippen LogP contribution in [0.25, 0.3) is 22.2 Å². The van der Waals surface area contributed by atoms with E-state index >= 15 is 0 Å². The molecule has 0 bridgehead atoms. The molecular weight excluding hydrogens is 418 g/mol. The standard InChI is InChI=1S/C27H22ClN3O/c28-24-11-5-4-10-23(24)26-15-20-13-14-22(32-18-19-7-2-1-3-8-19)16-25(20)31(26)17-21-9-6-12-27(29)30-21/h1-16H,17-18H2,(H2,29,30). The number of hydrogen-bond acceptors (Lipinski definition) is 3. The minimum atomic E-state index is 0.505. The molecule has 0 unspecified atom stereocenters. The topological polar surface area (TPSA) is 53.1 Å². The van der Waals surface area contributed by atoms with E-state index in [9.17, 15) is 0 Å². The molecule has 4 nitrogen and oxygen atoms in total. The molecule has 5 rings (SSSR count). The SMILES string of the molecule is Nc1cccc(Cn2c(-c3ccccc3Cl)cc3ccc(OCc4ccccc4)cc32)n1. The highest BCUT2D eigenvalue weighted by Gasteiger charge is 2.15. The summed E-state index contributed by atoms with van der Waals surface area (Å²) < 4.78 is 8.30. The number of hydrogen-bond donors (Lipinski definition) is 1. The summed E-state index contributed by atoms with van der Waals surface area (Å²) in [4.78, 5) is 4.50. The van der Waals surface area contributed by atoms with E-state index in [2.05, 4.69) is 39.9 Å². The highest BCUT2D eigenvalue weighted by Crippen LogP contribution is 2.35. The van der Waals surface area contributed by atoms with Crippen molar-refractivity contribution in [2.24, 2.45) is 0 Å². The van der Waals surface area contributed by atoms with E-state index in [-0.39, 0.29) is 0 Å². The third-order valence-electron chi connectivity index (χ3n) is 5.42. The lowest BCUT2D eigenvalue weighted by atomic mass is 10.1. The first kappa shape index (κ1) is 20.2. The molecule has 2 heterocycles. The fourth-order valence-electron chi connectivity index (χ4n) is 3.88. The molecule has 0 amide bonds. The van der Waals surface area contributed by atoms with Gasteiger partial charge in [0.2, 0.25) is 0 Å². The molecule has 5 heteroatoms. The van der Waals surface area contributed by atoms with E-state index < -0.39 is 0 Å². The third-order valence-corrected chi connectivity index (χ3v) is 5.75. The number of aromatic nitrogens is 2. The predicted octanol–water partition coefficient (Wildman–Crippen LogP) is 6.57. The van der Waals surface area contributed by atoms with Gasteiger partial charge in [-0.05, 0) is 42.0 Å². The molecule has 32 heavy (non-hydrogen) atoms. The number of anilines is 1. The molecule has 0 aliphatic heterocycles. The number of benzene rings is 3. The van der Waals surface area contributed by atoms with Gasteiger partial charge in [0.05, 0.1) is 23.4 Å². The number of pyridine rings is 1. The Morgan fingerprint density at radius 2 is 1.66 bits per heavy atom. The highest BCUT2D eigenvalue weighted by atomic mass is 35.5. The van der Waals surface area contributed by atoms with Crippen molar-refractivity contribution in [3.05, 3.63) is 113 Å².